The molecule has 0 aliphatic carbocycles. The predicted molar refractivity (Wildman–Crippen MR) is 0.686 cm³/mol. The summed E-state index contributed by atoms with van der Waals surface area (Å²) in [5.74, 6) is 0. The van der Waals surface area contributed by atoms with E-state index in [4.69, 9.17) is 3.83 Å². The molecule has 4 heavy (non-hydrogen) atoms. The van der Waals surface area contributed by atoms with Crippen LogP contribution in [0.3, 0.4) is 0 Å². The van der Waals surface area contributed by atoms with E-state index in [1.54, 1.807) is 15.9 Å². The van der Waals surface area contributed by atoms with Crippen LogP contribution in [0.2, 0.25) is 0 Å². The first-order valence-corrected chi connectivity index (χ1v) is 0.636. The molecule has 0 amide bonds. The molecule has 0 heterocycles. The number of hydrogen-bond acceptors (Lipinski definition) is 1. The Kier molecular flexibility index (Phi) is 95.0. The molecule has 0 aromatic rings. The van der Waals surface area contributed by atoms with E-state index in [1.165, 1.54) is 0 Å². The predicted octanol–water partition coefficient (Wildman–Crippen LogP) is -0.126. The van der Waals surface area contributed by atoms with Crippen molar-refractivity contribution in [3.8, 4) is 0 Å². The standard InChI is InChI=1S/Fe.Mn.O.Zr. The Labute approximate surface area is 62.5 Å². The van der Waals surface area contributed by atoms with Crippen molar-refractivity contribution in [3.05, 3.63) is 0 Å². The van der Waals surface area contributed by atoms with Crippen molar-refractivity contribution in [2.45, 2.75) is 0 Å². The van der Waals surface area contributed by atoms with Crippen LogP contribution in [0.1, 0.15) is 0 Å². The van der Waals surface area contributed by atoms with Crippen molar-refractivity contribution in [1.29, 1.82) is 0 Å². The largest absolute Gasteiger partial charge is 0 e. The van der Waals surface area contributed by atoms with Crippen molar-refractivity contribution < 1.29 is 63.1 Å². The van der Waals surface area contributed by atoms with Crippen LogP contribution in [0.4, 0.5) is 0 Å². The van der Waals surface area contributed by atoms with Gasteiger partial charge >= 0.3 is 19.8 Å². The van der Waals surface area contributed by atoms with Gasteiger partial charge in [-0.2, -0.15) is 0 Å². The molecule has 4 heteroatoms. The summed E-state index contributed by atoms with van der Waals surface area (Å²) in [6.07, 6.45) is 0. The molecular weight excluding hydrogens is 218 g/mol. The minimum absolute atomic E-state index is 0. The fourth-order valence-corrected chi connectivity index (χ4v) is 0. The fraction of sp³-hybridized carbons (Fsp3) is 0. The van der Waals surface area contributed by atoms with E-state index < -0.39 is 0 Å². The molecule has 0 saturated heterocycles. The van der Waals surface area contributed by atoms with E-state index in [-0.39, 0.29) is 43.3 Å². The zero-order valence-electron chi connectivity index (χ0n) is 1.64. The van der Waals surface area contributed by atoms with Gasteiger partial charge < -0.3 is 0 Å². The molecule has 0 bridgehead atoms. The quantitative estimate of drug-likeness (QED) is 0.518. The van der Waals surface area contributed by atoms with Gasteiger partial charge in [0.1, 0.15) is 0 Å². The molecule has 0 fully saturated rings. The van der Waals surface area contributed by atoms with Gasteiger partial charge in [-0.05, 0) is 0 Å². The maximum Gasteiger partial charge on any atom is 0 e. The van der Waals surface area contributed by atoms with Gasteiger partial charge in [0.15, 0.2) is 0 Å². The molecule has 0 unspecified atom stereocenters. The SMILES string of the molecule is [Fe].[O]=[Mn].[Zr]. The summed E-state index contributed by atoms with van der Waals surface area (Å²) in [5, 5.41) is 0. The molecule has 0 aromatic heterocycles. The molecule has 25 valence electrons. The Bertz CT molecular complexity index is 8.00. The maximum atomic E-state index is 8.06. The minimum Gasteiger partial charge on any atom is 0 e. The van der Waals surface area contributed by atoms with Gasteiger partial charge in [0.05, 0.1) is 0 Å². The van der Waals surface area contributed by atoms with Crippen LogP contribution >= 0.6 is 0 Å². The number of hydrogen-bond donors (Lipinski definition) is 0. The van der Waals surface area contributed by atoms with Gasteiger partial charge in [-0.1, -0.05) is 0 Å². The third-order valence-corrected chi connectivity index (χ3v) is 0. The van der Waals surface area contributed by atoms with E-state index in [1.807, 2.05) is 0 Å². The van der Waals surface area contributed by atoms with Crippen molar-refractivity contribution >= 4 is 0 Å². The molecule has 0 aliphatic rings. The molecule has 0 aliphatic heterocycles. The average Bonchev–Trinajstić information content (AvgIpc) is 1.00. The molecule has 0 spiro atoms. The minimum atomic E-state index is 0. The van der Waals surface area contributed by atoms with Crippen LogP contribution in [0, 0.1) is 0 Å². The van der Waals surface area contributed by atoms with Crippen LogP contribution < -0.4 is 0 Å². The van der Waals surface area contributed by atoms with Gasteiger partial charge in [-0.15, -0.1) is 0 Å². The molecular formula is FeMnOZr. The summed E-state index contributed by atoms with van der Waals surface area (Å²) in [6, 6.07) is 0. The van der Waals surface area contributed by atoms with Gasteiger partial charge in [-0.25, -0.2) is 0 Å². The summed E-state index contributed by atoms with van der Waals surface area (Å²) in [7, 11) is 0. The van der Waals surface area contributed by atoms with E-state index in [2.05, 4.69) is 0 Å². The smallest absolute Gasteiger partial charge is 0 e. The van der Waals surface area contributed by atoms with Crippen LogP contribution in [0.5, 0.6) is 0 Å². The third kappa shape index (κ3) is 9.30. The molecule has 0 atom stereocenters. The van der Waals surface area contributed by atoms with Crippen molar-refractivity contribution in [1.82, 2.24) is 0 Å². The number of rotatable bonds is 0. The Morgan fingerprint density at radius 1 is 1.25 bits per heavy atom. The molecule has 0 N–H and O–H groups in total. The Balaban J connectivity index is -0.00000000500. The van der Waals surface area contributed by atoms with Gasteiger partial charge in [0.2, 0.25) is 0 Å². The van der Waals surface area contributed by atoms with Crippen molar-refractivity contribution in [3.63, 3.8) is 0 Å². The summed E-state index contributed by atoms with van der Waals surface area (Å²) >= 11 is 1.69. The third-order valence-electron chi connectivity index (χ3n) is 0. The van der Waals surface area contributed by atoms with E-state index >= 15 is 0 Å². The first-order valence-electron chi connectivity index (χ1n) is 0.154. The van der Waals surface area contributed by atoms with E-state index in [9.17, 15) is 0 Å². The van der Waals surface area contributed by atoms with Crippen molar-refractivity contribution in [2.75, 3.05) is 0 Å². The monoisotopic (exact) mass is 217 g/mol. The molecule has 0 saturated carbocycles. The Morgan fingerprint density at radius 2 is 1.25 bits per heavy atom. The van der Waals surface area contributed by atoms with Gasteiger partial charge in [0, 0.05) is 43.3 Å². The second kappa shape index (κ2) is 22.1. The second-order valence-electron chi connectivity index (χ2n) is 0. The summed E-state index contributed by atoms with van der Waals surface area (Å²) in [4.78, 5) is 0. The van der Waals surface area contributed by atoms with Gasteiger partial charge in [0.25, 0.3) is 0 Å². The first kappa shape index (κ1) is 17.2. The average molecular weight is 218 g/mol. The van der Waals surface area contributed by atoms with Crippen LogP contribution in [-0.2, 0) is 63.1 Å². The molecule has 0 rings (SSSR count). The van der Waals surface area contributed by atoms with Crippen LogP contribution in [-0.4, -0.2) is 0 Å². The Morgan fingerprint density at radius 3 is 1.25 bits per heavy atom. The van der Waals surface area contributed by atoms with Crippen LogP contribution in [0.15, 0.2) is 0 Å². The van der Waals surface area contributed by atoms with E-state index in [0.29, 0.717) is 0 Å². The second-order valence-corrected chi connectivity index (χ2v) is 0. The maximum absolute atomic E-state index is 8.06. The molecule has 0 aromatic carbocycles. The van der Waals surface area contributed by atoms with E-state index in [0.717, 1.165) is 0 Å². The summed E-state index contributed by atoms with van der Waals surface area (Å²) in [5.41, 5.74) is 0. The first-order chi connectivity index (χ1) is 1.00. The topological polar surface area (TPSA) is 17.1 Å². The zero-order chi connectivity index (χ0) is 2.00. The molecule has 0 radical (unpaired) electrons. The van der Waals surface area contributed by atoms with Gasteiger partial charge in [-0.3, -0.25) is 0 Å². The molecule has 1 nitrogen and oxygen atoms in total. The normalized spacial score (nSPS) is 1.00. The van der Waals surface area contributed by atoms with Crippen LogP contribution in [0.25, 0.3) is 0 Å². The van der Waals surface area contributed by atoms with Crippen molar-refractivity contribution in [2.24, 2.45) is 0 Å². The summed E-state index contributed by atoms with van der Waals surface area (Å²) < 4.78 is 8.06. The zero-order valence-corrected chi connectivity index (χ0v) is 6.38. The fourth-order valence-electron chi connectivity index (χ4n) is 0. The Hall–Kier alpha value is 1.72. The summed E-state index contributed by atoms with van der Waals surface area (Å²) in [6.45, 7) is 0.